The molecule has 654 valence electrons. The van der Waals surface area contributed by atoms with Crippen LogP contribution in [0.1, 0.15) is 0 Å². The summed E-state index contributed by atoms with van der Waals surface area (Å²) in [6, 6.07) is 199. The molecule has 0 saturated heterocycles. The molecule has 0 unspecified atom stereocenters. The second kappa shape index (κ2) is 35.1. The van der Waals surface area contributed by atoms with Crippen molar-refractivity contribution in [2.45, 2.75) is 0 Å². The fraction of sp³-hybridized carbons (Fsp3) is 0. The SMILES string of the molecule is c1ccc(-c2ccc(-c3ccc(N(c4ccc(-c5ccc(-c6ccc7c8ccccc8c8ccccc8c7c6)cc5)cc4)c4ccc(-n5c6ccccc6c6ccccc65)cc4)cc3)cc2)cc1.c1ccc2c(-c3ccc(-c4ccc(N(c5ccc(-c6ccc(-c7ccc8c9ccccc9c9ccccc9c8c7)cc6)cc5)c5ccc(-n6c7ccccc7c7ccccc76)cc5)cc4)cc3)cccc2c1. The molecule has 0 bridgehead atoms. The van der Waals surface area contributed by atoms with Crippen LogP contribution < -0.4 is 9.80 Å². The fourth-order valence-corrected chi connectivity index (χ4v) is 21.7. The summed E-state index contributed by atoms with van der Waals surface area (Å²) in [5.74, 6) is 0. The van der Waals surface area contributed by atoms with Gasteiger partial charge in [0.05, 0.1) is 22.1 Å². The van der Waals surface area contributed by atoms with E-state index < -0.39 is 0 Å². The van der Waals surface area contributed by atoms with Gasteiger partial charge in [0.25, 0.3) is 0 Å². The van der Waals surface area contributed by atoms with Gasteiger partial charge in [0.1, 0.15) is 0 Å². The zero-order chi connectivity index (χ0) is 92.5. The maximum atomic E-state index is 2.38. The van der Waals surface area contributed by atoms with Crippen molar-refractivity contribution in [3.05, 3.63) is 546 Å². The summed E-state index contributed by atoms with van der Waals surface area (Å²) < 4.78 is 4.75. The summed E-state index contributed by atoms with van der Waals surface area (Å²) in [4.78, 5) is 4.72. The van der Waals surface area contributed by atoms with Gasteiger partial charge in [-0.05, 0) is 298 Å². The molecule has 0 atom stereocenters. The van der Waals surface area contributed by atoms with Gasteiger partial charge in [-0.25, -0.2) is 0 Å². The first kappa shape index (κ1) is 82.2. The van der Waals surface area contributed by atoms with Crippen LogP contribution in [0.2, 0.25) is 0 Å². The Balaban J connectivity index is 0.000000144. The van der Waals surface area contributed by atoms with Gasteiger partial charge in [0.15, 0.2) is 0 Å². The van der Waals surface area contributed by atoms with E-state index in [1.54, 1.807) is 0 Å². The van der Waals surface area contributed by atoms with Crippen LogP contribution in [0, 0.1) is 0 Å². The molecule has 2 aromatic heterocycles. The Labute approximate surface area is 812 Å². The van der Waals surface area contributed by atoms with Crippen molar-refractivity contribution in [2.24, 2.45) is 0 Å². The third-order valence-electron chi connectivity index (χ3n) is 28.6. The number of para-hydroxylation sites is 4. The zero-order valence-electron chi connectivity index (χ0n) is 76.8. The van der Waals surface area contributed by atoms with Gasteiger partial charge >= 0.3 is 0 Å². The summed E-state index contributed by atoms with van der Waals surface area (Å²) in [5, 5.41) is 23.1. The van der Waals surface area contributed by atoms with E-state index in [9.17, 15) is 0 Å². The smallest absolute Gasteiger partial charge is 0.0541 e. The highest BCUT2D eigenvalue weighted by molar-refractivity contribution is 6.27. The van der Waals surface area contributed by atoms with Crippen LogP contribution in [0.4, 0.5) is 34.1 Å². The highest BCUT2D eigenvalue weighted by atomic mass is 15.1. The number of rotatable bonds is 16. The molecule has 0 saturated carbocycles. The highest BCUT2D eigenvalue weighted by Crippen LogP contribution is 2.46. The number of aromatic nitrogens is 2. The molecule has 0 aliphatic carbocycles. The lowest BCUT2D eigenvalue weighted by atomic mass is 9.92. The molecule has 0 radical (unpaired) electrons. The molecule has 140 heavy (non-hydrogen) atoms. The molecule has 0 amide bonds. The first-order valence-electron chi connectivity index (χ1n) is 48.2. The van der Waals surface area contributed by atoms with Gasteiger partial charge in [-0.15, -0.1) is 0 Å². The van der Waals surface area contributed by atoms with Crippen molar-refractivity contribution >= 4 is 153 Å². The summed E-state index contributed by atoms with van der Waals surface area (Å²) in [6.45, 7) is 0. The van der Waals surface area contributed by atoms with Crippen LogP contribution >= 0.6 is 0 Å². The lowest BCUT2D eigenvalue weighted by Crippen LogP contribution is -2.10. The van der Waals surface area contributed by atoms with Crippen molar-refractivity contribution in [1.82, 2.24) is 9.13 Å². The predicted molar refractivity (Wildman–Crippen MR) is 597 cm³/mol. The van der Waals surface area contributed by atoms with Crippen molar-refractivity contribution < 1.29 is 0 Å². The summed E-state index contributed by atoms with van der Waals surface area (Å²) in [6.07, 6.45) is 0. The highest BCUT2D eigenvalue weighted by Gasteiger charge is 2.22. The minimum Gasteiger partial charge on any atom is -0.311 e. The van der Waals surface area contributed by atoms with Crippen LogP contribution in [0.5, 0.6) is 0 Å². The summed E-state index contributed by atoms with van der Waals surface area (Å²) in [7, 11) is 0. The third-order valence-corrected chi connectivity index (χ3v) is 28.6. The molecule has 0 N–H and O–H groups in total. The summed E-state index contributed by atoms with van der Waals surface area (Å²) in [5.41, 5.74) is 32.8. The van der Waals surface area contributed by atoms with E-state index in [4.69, 9.17) is 0 Å². The Kier molecular flexibility index (Phi) is 20.6. The van der Waals surface area contributed by atoms with Gasteiger partial charge in [0, 0.05) is 67.0 Å². The third kappa shape index (κ3) is 14.8. The first-order valence-corrected chi connectivity index (χ1v) is 48.2. The molecule has 27 rings (SSSR count). The van der Waals surface area contributed by atoms with Crippen LogP contribution in [0.3, 0.4) is 0 Å². The second-order valence-corrected chi connectivity index (χ2v) is 36.5. The van der Waals surface area contributed by atoms with Crippen molar-refractivity contribution in [1.29, 1.82) is 0 Å². The Morgan fingerprint density at radius 2 is 0.307 bits per heavy atom. The lowest BCUT2D eigenvalue weighted by Gasteiger charge is -2.26. The summed E-state index contributed by atoms with van der Waals surface area (Å²) >= 11 is 0. The van der Waals surface area contributed by atoms with E-state index in [1.807, 2.05) is 0 Å². The average molecular weight is 1780 g/mol. The number of nitrogens with zero attached hydrogens (tertiary/aromatic N) is 4. The predicted octanol–water partition coefficient (Wildman–Crippen LogP) is 37.9. The van der Waals surface area contributed by atoms with Crippen LogP contribution in [0.25, 0.3) is 219 Å². The van der Waals surface area contributed by atoms with Crippen molar-refractivity contribution in [3.8, 4) is 100 Å². The average Bonchev–Trinajstić information content (AvgIpc) is 1.23. The number of hydrogen-bond donors (Lipinski definition) is 0. The first-order chi connectivity index (χ1) is 69.4. The molecule has 0 spiro atoms. The van der Waals surface area contributed by atoms with Crippen LogP contribution in [-0.2, 0) is 0 Å². The van der Waals surface area contributed by atoms with Gasteiger partial charge in [-0.3, -0.25) is 0 Å². The molecular formula is C136H90N4. The van der Waals surface area contributed by atoms with Crippen LogP contribution in [0.15, 0.2) is 546 Å². The van der Waals surface area contributed by atoms with Crippen LogP contribution in [-0.4, -0.2) is 9.13 Å². The maximum Gasteiger partial charge on any atom is 0.0541 e. The number of anilines is 6. The molecule has 4 nitrogen and oxygen atoms in total. The topological polar surface area (TPSA) is 16.3 Å². The molecule has 25 aromatic carbocycles. The number of benzene rings is 25. The fourth-order valence-electron chi connectivity index (χ4n) is 21.7. The monoisotopic (exact) mass is 1780 g/mol. The van der Waals surface area contributed by atoms with E-state index in [1.165, 1.54) is 208 Å². The van der Waals surface area contributed by atoms with Gasteiger partial charge in [-0.2, -0.15) is 0 Å². The van der Waals surface area contributed by atoms with E-state index >= 15 is 0 Å². The quantitative estimate of drug-likeness (QED) is 0.0897. The van der Waals surface area contributed by atoms with Gasteiger partial charge in [0.2, 0.25) is 0 Å². The Morgan fingerprint density at radius 3 is 0.600 bits per heavy atom. The Morgan fingerprint density at radius 1 is 0.114 bits per heavy atom. The minimum absolute atomic E-state index is 1.08. The minimum atomic E-state index is 1.08. The van der Waals surface area contributed by atoms with Gasteiger partial charge in [-0.1, -0.05) is 413 Å². The van der Waals surface area contributed by atoms with Crippen molar-refractivity contribution in [2.75, 3.05) is 9.80 Å². The Bertz CT molecular complexity index is 9210. The molecular weight excluding hydrogens is 1690 g/mol. The molecule has 2 heterocycles. The second-order valence-electron chi connectivity index (χ2n) is 36.5. The normalized spacial score (nSPS) is 11.6. The number of fused-ring (bicyclic) bond motifs is 19. The van der Waals surface area contributed by atoms with E-state index in [2.05, 4.69) is 565 Å². The van der Waals surface area contributed by atoms with E-state index in [0.717, 1.165) is 45.5 Å². The largest absolute Gasteiger partial charge is 0.311 e. The van der Waals surface area contributed by atoms with E-state index in [-0.39, 0.29) is 0 Å². The molecule has 4 heteroatoms. The molecule has 0 fully saturated rings. The maximum absolute atomic E-state index is 2.38. The molecule has 27 aromatic rings. The lowest BCUT2D eigenvalue weighted by molar-refractivity contribution is 1.17. The molecule has 0 aliphatic heterocycles. The standard InChI is InChI=1S/C70H46N2.C66H44N2/c1-2-14-59-52(12-1)13-11-21-60(59)53-30-28-48(29-31-53)50-34-39-56(40-35-50)71(57-41-43-58(44-42-57)72-69-22-9-7-19-66(69)67-20-8-10-23-70(67)72)55-37-32-49(33-38-55)47-24-26-51(27-25-47)54-36-45-65-63-17-4-3-15-61(63)62-16-5-6-18-64(62)68(65)46-54;1-2-12-45(13-3-1)46-22-24-47(25-23-46)49-30-35-53(36-31-49)67(55-39-41-56(42-40-55)68-65-20-10-8-18-62(65)63-19-9-11-21-66(63)68)54-37-32-50(33-38-54)48-26-28-51(29-27-48)52-34-43-61-59-16-5-4-14-57(59)58-15-6-7-17-60(58)64(61)44-52/h1-46H;1-44H. The van der Waals surface area contributed by atoms with E-state index in [0.29, 0.717) is 0 Å². The zero-order valence-corrected chi connectivity index (χ0v) is 76.8. The van der Waals surface area contributed by atoms with Gasteiger partial charge < -0.3 is 18.9 Å². The molecule has 0 aliphatic rings. The van der Waals surface area contributed by atoms with Crippen molar-refractivity contribution in [3.63, 3.8) is 0 Å². The Hall–Kier alpha value is -18.5. The number of hydrogen-bond acceptors (Lipinski definition) is 2.